The lowest BCUT2D eigenvalue weighted by molar-refractivity contribution is 1.05. The Bertz CT molecular complexity index is 494. The van der Waals surface area contributed by atoms with Crippen LogP contribution in [0.1, 0.15) is 25.3 Å². The van der Waals surface area contributed by atoms with Crippen LogP contribution in [0.2, 0.25) is 0 Å². The maximum atomic E-state index is 4.28. The second kappa shape index (κ2) is 4.24. The summed E-state index contributed by atoms with van der Waals surface area (Å²) in [7, 11) is 0. The average molecular weight is 227 g/mol. The van der Waals surface area contributed by atoms with Gasteiger partial charge in [0.05, 0.1) is 5.69 Å². The van der Waals surface area contributed by atoms with Crippen LogP contribution in [-0.2, 0) is 6.42 Å². The van der Waals surface area contributed by atoms with Crippen molar-refractivity contribution < 1.29 is 0 Å². The number of aromatic nitrogens is 2. The summed E-state index contributed by atoms with van der Waals surface area (Å²) in [6.45, 7) is 2.17. The summed E-state index contributed by atoms with van der Waals surface area (Å²) in [5.74, 6) is 0.960. The van der Waals surface area contributed by atoms with Crippen molar-refractivity contribution in [1.82, 2.24) is 10.2 Å². The molecule has 3 rings (SSSR count). The fourth-order valence-corrected chi connectivity index (χ4v) is 1.90. The van der Waals surface area contributed by atoms with Gasteiger partial charge in [-0.15, -0.1) is 0 Å². The number of hydrogen-bond donors (Lipinski definition) is 2. The molecule has 3 heteroatoms. The van der Waals surface area contributed by atoms with Crippen LogP contribution in [0.5, 0.6) is 0 Å². The number of aromatic amines is 1. The maximum Gasteiger partial charge on any atom is 0.148 e. The highest BCUT2D eigenvalue weighted by molar-refractivity contribution is 5.63. The lowest BCUT2D eigenvalue weighted by Gasteiger charge is -1.99. The zero-order chi connectivity index (χ0) is 11.7. The van der Waals surface area contributed by atoms with E-state index in [1.54, 1.807) is 0 Å². The smallest absolute Gasteiger partial charge is 0.148 e. The molecule has 1 heterocycles. The Morgan fingerprint density at radius 3 is 2.71 bits per heavy atom. The summed E-state index contributed by atoms with van der Waals surface area (Å²) in [4.78, 5) is 0. The second-order valence-corrected chi connectivity index (χ2v) is 4.64. The molecular formula is C14H17N3. The lowest BCUT2D eigenvalue weighted by Crippen LogP contribution is -2.00. The molecule has 0 saturated heterocycles. The van der Waals surface area contributed by atoms with Crippen molar-refractivity contribution in [2.24, 2.45) is 0 Å². The molecule has 1 fully saturated rings. The van der Waals surface area contributed by atoms with Gasteiger partial charge in [-0.25, -0.2) is 0 Å². The number of nitrogens with one attached hydrogen (secondary N) is 2. The molecule has 0 unspecified atom stereocenters. The van der Waals surface area contributed by atoms with E-state index in [0.29, 0.717) is 6.04 Å². The van der Waals surface area contributed by atoms with E-state index in [1.165, 1.54) is 24.0 Å². The Morgan fingerprint density at radius 2 is 2.06 bits per heavy atom. The number of nitrogens with zero attached hydrogens (tertiary/aromatic N) is 1. The predicted molar refractivity (Wildman–Crippen MR) is 70.0 cm³/mol. The van der Waals surface area contributed by atoms with Crippen LogP contribution in [0, 0.1) is 0 Å². The van der Waals surface area contributed by atoms with E-state index < -0.39 is 0 Å². The molecule has 17 heavy (non-hydrogen) atoms. The molecular weight excluding hydrogens is 210 g/mol. The third kappa shape index (κ3) is 2.33. The van der Waals surface area contributed by atoms with E-state index in [0.717, 1.165) is 17.9 Å². The van der Waals surface area contributed by atoms with E-state index in [2.05, 4.69) is 52.8 Å². The zero-order valence-corrected chi connectivity index (χ0v) is 10.0. The van der Waals surface area contributed by atoms with Crippen molar-refractivity contribution in [3.05, 3.63) is 35.9 Å². The molecule has 0 atom stereocenters. The van der Waals surface area contributed by atoms with Gasteiger partial charge in [0.1, 0.15) is 5.82 Å². The molecule has 0 aliphatic heterocycles. The van der Waals surface area contributed by atoms with Gasteiger partial charge in [0.2, 0.25) is 0 Å². The largest absolute Gasteiger partial charge is 0.366 e. The first-order valence-corrected chi connectivity index (χ1v) is 6.26. The quantitative estimate of drug-likeness (QED) is 0.842. The van der Waals surface area contributed by atoms with Crippen molar-refractivity contribution in [3.63, 3.8) is 0 Å². The topological polar surface area (TPSA) is 40.7 Å². The summed E-state index contributed by atoms with van der Waals surface area (Å²) in [5.41, 5.74) is 3.64. The van der Waals surface area contributed by atoms with Crippen LogP contribution in [0.25, 0.3) is 11.3 Å². The summed E-state index contributed by atoms with van der Waals surface area (Å²) < 4.78 is 0. The molecule has 0 bridgehead atoms. The number of rotatable bonds is 4. The monoisotopic (exact) mass is 227 g/mol. The van der Waals surface area contributed by atoms with Gasteiger partial charge < -0.3 is 5.32 Å². The SMILES string of the molecule is CCc1ccc(-c2cc(NC3CC3)n[nH]2)cc1. The van der Waals surface area contributed by atoms with Gasteiger partial charge in [0.25, 0.3) is 0 Å². The van der Waals surface area contributed by atoms with Crippen molar-refractivity contribution in [2.75, 3.05) is 5.32 Å². The number of hydrogen-bond acceptors (Lipinski definition) is 2. The van der Waals surface area contributed by atoms with E-state index in [-0.39, 0.29) is 0 Å². The molecule has 1 aliphatic carbocycles. The fraction of sp³-hybridized carbons (Fsp3) is 0.357. The number of aryl methyl sites for hydroxylation is 1. The molecule has 2 N–H and O–H groups in total. The molecule has 3 nitrogen and oxygen atoms in total. The first kappa shape index (κ1) is 10.4. The number of benzene rings is 1. The summed E-state index contributed by atoms with van der Waals surface area (Å²) in [6.07, 6.45) is 3.62. The van der Waals surface area contributed by atoms with Gasteiger partial charge in [0, 0.05) is 12.1 Å². The van der Waals surface area contributed by atoms with E-state index in [4.69, 9.17) is 0 Å². The van der Waals surface area contributed by atoms with Crippen molar-refractivity contribution in [3.8, 4) is 11.3 Å². The first-order chi connectivity index (χ1) is 8.35. The minimum absolute atomic E-state index is 0.647. The maximum absolute atomic E-state index is 4.28. The van der Waals surface area contributed by atoms with E-state index >= 15 is 0 Å². The Labute approximate surface area is 101 Å². The van der Waals surface area contributed by atoms with Crippen molar-refractivity contribution in [2.45, 2.75) is 32.2 Å². The number of H-pyrrole nitrogens is 1. The van der Waals surface area contributed by atoms with Gasteiger partial charge >= 0.3 is 0 Å². The molecule has 1 aliphatic rings. The molecule has 88 valence electrons. The molecule has 1 aromatic carbocycles. The summed E-state index contributed by atoms with van der Waals surface area (Å²) in [5, 5.41) is 10.7. The number of anilines is 1. The van der Waals surface area contributed by atoms with Crippen molar-refractivity contribution >= 4 is 5.82 Å². The van der Waals surface area contributed by atoms with Gasteiger partial charge in [-0.3, -0.25) is 5.10 Å². The van der Waals surface area contributed by atoms with Gasteiger partial charge in [-0.05, 0) is 30.4 Å². The Kier molecular flexibility index (Phi) is 2.59. The summed E-state index contributed by atoms with van der Waals surface area (Å²) >= 11 is 0. The van der Waals surface area contributed by atoms with Crippen LogP contribution >= 0.6 is 0 Å². The molecule has 1 saturated carbocycles. The minimum Gasteiger partial charge on any atom is -0.366 e. The van der Waals surface area contributed by atoms with Crippen LogP contribution < -0.4 is 5.32 Å². The highest BCUT2D eigenvalue weighted by Gasteiger charge is 2.21. The molecule has 0 spiro atoms. The highest BCUT2D eigenvalue weighted by atomic mass is 15.2. The summed E-state index contributed by atoms with van der Waals surface area (Å²) in [6, 6.07) is 11.4. The average Bonchev–Trinajstić information content (AvgIpc) is 3.06. The lowest BCUT2D eigenvalue weighted by atomic mass is 10.1. The standard InChI is InChI=1S/C14H17N3/c1-2-10-3-5-11(6-4-10)13-9-14(17-16-13)15-12-7-8-12/h3-6,9,12H,2,7-8H2,1H3,(H2,15,16,17). The fourth-order valence-electron chi connectivity index (χ4n) is 1.90. The Hall–Kier alpha value is -1.77. The first-order valence-electron chi connectivity index (χ1n) is 6.26. The van der Waals surface area contributed by atoms with Gasteiger partial charge in [0.15, 0.2) is 0 Å². The van der Waals surface area contributed by atoms with Crippen LogP contribution in [0.15, 0.2) is 30.3 Å². The minimum atomic E-state index is 0.647. The van der Waals surface area contributed by atoms with Gasteiger partial charge in [-0.1, -0.05) is 31.2 Å². The normalized spacial score (nSPS) is 14.9. The molecule has 0 amide bonds. The van der Waals surface area contributed by atoms with E-state index in [1.807, 2.05) is 0 Å². The van der Waals surface area contributed by atoms with Crippen LogP contribution in [-0.4, -0.2) is 16.2 Å². The Morgan fingerprint density at radius 1 is 1.29 bits per heavy atom. The third-order valence-electron chi connectivity index (χ3n) is 3.18. The van der Waals surface area contributed by atoms with E-state index in [9.17, 15) is 0 Å². The molecule has 2 aromatic rings. The van der Waals surface area contributed by atoms with Gasteiger partial charge in [-0.2, -0.15) is 5.10 Å². The van der Waals surface area contributed by atoms with Crippen molar-refractivity contribution in [1.29, 1.82) is 0 Å². The zero-order valence-electron chi connectivity index (χ0n) is 10.0. The van der Waals surface area contributed by atoms with Crippen LogP contribution in [0.3, 0.4) is 0 Å². The molecule has 0 radical (unpaired) electrons. The second-order valence-electron chi connectivity index (χ2n) is 4.64. The third-order valence-corrected chi connectivity index (χ3v) is 3.18. The predicted octanol–water partition coefficient (Wildman–Crippen LogP) is 3.21. The van der Waals surface area contributed by atoms with Crippen LogP contribution in [0.4, 0.5) is 5.82 Å². The molecule has 1 aromatic heterocycles. The highest BCUT2D eigenvalue weighted by Crippen LogP contribution is 2.26. The Balaban J connectivity index is 1.79.